The Morgan fingerprint density at radius 2 is 1.51 bits per heavy atom. The average molecular weight is 580 g/mol. The fourth-order valence-electron chi connectivity index (χ4n) is 5.97. The Kier molecular flexibility index (Phi) is 7.21. The summed E-state index contributed by atoms with van der Waals surface area (Å²) in [6, 6.07) is 30.5. The predicted molar refractivity (Wildman–Crippen MR) is 156 cm³/mol. The molecular weight excluding hydrogens is 546 g/mol. The molecule has 10 heteroatoms. The number of benzene rings is 3. The van der Waals surface area contributed by atoms with Gasteiger partial charge in [-0.2, -0.15) is 0 Å². The highest BCUT2D eigenvalue weighted by Gasteiger charge is 2.56. The molecule has 3 N–H and O–H groups in total. The lowest BCUT2D eigenvalue weighted by Gasteiger charge is -2.44. The van der Waals surface area contributed by atoms with Gasteiger partial charge in [-0.3, -0.25) is 5.32 Å². The molecule has 5 aromatic rings. The van der Waals surface area contributed by atoms with E-state index in [1.165, 1.54) is 24.7 Å². The zero-order chi connectivity index (χ0) is 30.2. The smallest absolute Gasteiger partial charge is 0.256 e. The third-order valence-corrected chi connectivity index (χ3v) is 8.33. The van der Waals surface area contributed by atoms with E-state index in [2.05, 4.69) is 51.7 Å². The second kappa shape index (κ2) is 10.9. The van der Waals surface area contributed by atoms with Gasteiger partial charge in [0.15, 0.2) is 17.2 Å². The normalized spacial score (nSPS) is 21.7. The molecule has 6 rings (SSSR count). The van der Waals surface area contributed by atoms with Crippen LogP contribution in [0.5, 0.6) is 0 Å². The molecule has 3 aromatic carbocycles. The van der Waals surface area contributed by atoms with Gasteiger partial charge in [-0.15, -0.1) is 0 Å². The van der Waals surface area contributed by atoms with Crippen LogP contribution < -0.4 is 15.0 Å². The third-order valence-electron chi connectivity index (χ3n) is 8.33. The van der Waals surface area contributed by atoms with E-state index in [0.29, 0.717) is 30.7 Å². The Morgan fingerprint density at radius 3 is 2.02 bits per heavy atom. The molecule has 3 heterocycles. The van der Waals surface area contributed by atoms with Gasteiger partial charge in [0.1, 0.15) is 5.60 Å². The van der Waals surface area contributed by atoms with Crippen molar-refractivity contribution in [3.63, 3.8) is 0 Å². The van der Waals surface area contributed by atoms with Crippen molar-refractivity contribution < 1.29 is 29.4 Å². The van der Waals surface area contributed by atoms with Crippen LogP contribution in [0.3, 0.4) is 0 Å². The molecule has 220 valence electrons. The molecule has 1 aliphatic rings. The number of carboxylic acid groups (broad SMARTS) is 1. The molecule has 0 aliphatic carbocycles. The molecule has 43 heavy (non-hydrogen) atoms. The minimum absolute atomic E-state index is 0.221. The van der Waals surface area contributed by atoms with Crippen molar-refractivity contribution in [1.82, 2.24) is 14.5 Å². The first-order valence-corrected chi connectivity index (χ1v) is 14.2. The van der Waals surface area contributed by atoms with Gasteiger partial charge < -0.3 is 29.4 Å². The van der Waals surface area contributed by atoms with Gasteiger partial charge in [0.05, 0.1) is 18.9 Å². The highest BCUT2D eigenvalue weighted by Crippen LogP contribution is 2.40. The van der Waals surface area contributed by atoms with E-state index < -0.39 is 28.9 Å². The predicted octanol–water partition coefficient (Wildman–Crippen LogP) is 2.08. The van der Waals surface area contributed by atoms with Crippen LogP contribution in [0.2, 0.25) is 0 Å². The van der Waals surface area contributed by atoms with E-state index in [1.807, 2.05) is 59.2 Å². The summed E-state index contributed by atoms with van der Waals surface area (Å²) < 4.78 is 10.0. The summed E-state index contributed by atoms with van der Waals surface area (Å²) in [7, 11) is 0. The van der Waals surface area contributed by atoms with E-state index in [0.717, 1.165) is 16.7 Å². The maximum atomic E-state index is 12.0. The molecule has 3 atom stereocenters. The monoisotopic (exact) mass is 579 g/mol. The fourth-order valence-corrected chi connectivity index (χ4v) is 5.97. The number of rotatable bonds is 9. The van der Waals surface area contributed by atoms with Gasteiger partial charge in [0.2, 0.25) is 17.7 Å². The number of aryl methyl sites for hydroxylation is 1. The Hall–Kier alpha value is -4.64. The summed E-state index contributed by atoms with van der Waals surface area (Å²) in [4.78, 5) is 21.0. The molecule has 0 fully saturated rings. The van der Waals surface area contributed by atoms with E-state index in [9.17, 15) is 20.1 Å². The molecule has 0 amide bonds. The quantitative estimate of drug-likeness (QED) is 0.137. The molecule has 0 spiro atoms. The Labute approximate surface area is 248 Å². The van der Waals surface area contributed by atoms with Gasteiger partial charge in [-0.05, 0) is 30.0 Å². The fraction of sp³-hybridized carbons (Fsp3) is 0.273. The third kappa shape index (κ3) is 4.64. The Bertz CT molecular complexity index is 1650. The highest BCUT2D eigenvalue weighted by molar-refractivity contribution is 5.87. The second-order valence-corrected chi connectivity index (χ2v) is 11.2. The number of aliphatic hydroxyl groups is 2. The number of nitrogens with zero attached hydrogens (tertiary/aromatic N) is 4. The first kappa shape index (κ1) is 28.5. The van der Waals surface area contributed by atoms with Gasteiger partial charge in [-0.25, -0.2) is 9.55 Å². The number of nitrogens with one attached hydrogen (secondary N) is 1. The van der Waals surface area contributed by atoms with E-state index in [4.69, 9.17) is 4.74 Å². The first-order valence-electron chi connectivity index (χ1n) is 14.2. The summed E-state index contributed by atoms with van der Waals surface area (Å²) in [5.41, 5.74) is -0.858. The minimum atomic E-state index is -1.97. The number of carboxylic acids is 1. The van der Waals surface area contributed by atoms with Crippen LogP contribution in [-0.4, -0.2) is 49.0 Å². The largest absolute Gasteiger partial charge is 0.546 e. The zero-order valence-corrected chi connectivity index (χ0v) is 23.9. The number of ether oxygens (including phenoxy) is 1. The number of hydrogen-bond acceptors (Lipinski definition) is 8. The van der Waals surface area contributed by atoms with Crippen molar-refractivity contribution in [2.24, 2.45) is 0 Å². The van der Waals surface area contributed by atoms with E-state index in [1.54, 1.807) is 6.33 Å². The SMILES string of the molecule is C[C@]1(C(=O)[O-])Nc2c3ncn(CCCOC(c4ccccc4)(c4ccccc4)c4ccccc4)c3nc[n+]2[C@](C)(O)[C@@H]1O. The summed E-state index contributed by atoms with van der Waals surface area (Å²) in [5, 5.41) is 36.6. The molecule has 0 unspecified atom stereocenters. The lowest BCUT2D eigenvalue weighted by atomic mass is 9.80. The average Bonchev–Trinajstić information content (AvgIpc) is 3.45. The van der Waals surface area contributed by atoms with Crippen LogP contribution in [0, 0.1) is 0 Å². The number of aliphatic hydroxyl groups excluding tert-OH is 1. The van der Waals surface area contributed by atoms with Crippen molar-refractivity contribution in [3.8, 4) is 0 Å². The van der Waals surface area contributed by atoms with E-state index in [-0.39, 0.29) is 5.82 Å². The maximum absolute atomic E-state index is 12.0. The lowest BCUT2D eigenvalue weighted by molar-refractivity contribution is -0.807. The number of anilines is 1. The summed E-state index contributed by atoms with van der Waals surface area (Å²) in [6.45, 7) is 3.51. The molecule has 0 saturated carbocycles. The van der Waals surface area contributed by atoms with Crippen molar-refractivity contribution in [2.75, 3.05) is 11.9 Å². The van der Waals surface area contributed by atoms with Gasteiger partial charge >= 0.3 is 0 Å². The van der Waals surface area contributed by atoms with Crippen LogP contribution in [0.4, 0.5) is 5.82 Å². The molecule has 0 saturated heterocycles. The highest BCUT2D eigenvalue weighted by atomic mass is 16.5. The van der Waals surface area contributed by atoms with Crippen LogP contribution >= 0.6 is 0 Å². The van der Waals surface area contributed by atoms with Crippen LogP contribution in [0.15, 0.2) is 104 Å². The number of aliphatic carboxylic acids is 1. The van der Waals surface area contributed by atoms with Gasteiger partial charge in [0, 0.05) is 13.5 Å². The number of carbonyl (C=O) groups is 1. The minimum Gasteiger partial charge on any atom is -0.546 e. The number of carbonyl (C=O) groups excluding carboxylic acids is 1. The summed E-state index contributed by atoms with van der Waals surface area (Å²) in [6.07, 6.45) is 1.89. The lowest BCUT2D eigenvalue weighted by Crippen LogP contribution is -2.77. The molecular formula is C33H33N5O5. The number of fused-ring (bicyclic) bond motifs is 3. The molecule has 10 nitrogen and oxygen atoms in total. The molecule has 0 bridgehead atoms. The van der Waals surface area contributed by atoms with Gasteiger partial charge in [-0.1, -0.05) is 96.0 Å². The first-order chi connectivity index (χ1) is 20.7. The van der Waals surface area contributed by atoms with Crippen molar-refractivity contribution in [1.29, 1.82) is 0 Å². The second-order valence-electron chi connectivity index (χ2n) is 11.2. The topological polar surface area (TPSA) is 136 Å². The molecule has 1 aliphatic heterocycles. The number of aromatic nitrogens is 4. The summed E-state index contributed by atoms with van der Waals surface area (Å²) >= 11 is 0. The Morgan fingerprint density at radius 1 is 0.977 bits per heavy atom. The maximum Gasteiger partial charge on any atom is 0.256 e. The zero-order valence-electron chi connectivity index (χ0n) is 23.9. The standard InChI is InChI=1S/C33H33N5O5/c1-31(30(40)41)29(39)32(2,42)38-22-35-27-26(28(38)36-31)34-21-37(27)19-12-20-43-33(23-13-6-3-7-14-23,24-15-8-4-9-16-24)25-17-10-5-11-18-25/h3-11,13-18,21-22,29,39,42H,12,19-20H2,1-2H3,(H,40,41)/t29-,31+,32-/m1/s1. The molecule has 2 aromatic heterocycles. The van der Waals surface area contributed by atoms with Gasteiger partial charge in [0.25, 0.3) is 5.82 Å². The van der Waals surface area contributed by atoms with Crippen LogP contribution in [0.25, 0.3) is 11.2 Å². The molecule has 0 radical (unpaired) electrons. The van der Waals surface area contributed by atoms with Crippen molar-refractivity contribution >= 4 is 23.0 Å². The van der Waals surface area contributed by atoms with Crippen LogP contribution in [-0.2, 0) is 27.4 Å². The number of hydrogen-bond donors (Lipinski definition) is 3. The summed E-state index contributed by atoms with van der Waals surface area (Å²) in [5.74, 6) is -1.33. The van der Waals surface area contributed by atoms with Crippen molar-refractivity contribution in [2.45, 2.75) is 49.8 Å². The van der Waals surface area contributed by atoms with Crippen molar-refractivity contribution in [3.05, 3.63) is 120 Å². The Balaban J connectivity index is 1.30. The van der Waals surface area contributed by atoms with E-state index >= 15 is 0 Å². The number of imidazole rings is 1. The van der Waals surface area contributed by atoms with Crippen LogP contribution in [0.1, 0.15) is 37.0 Å².